The Bertz CT molecular complexity index is 748. The van der Waals surface area contributed by atoms with Gasteiger partial charge in [-0.3, -0.25) is 4.79 Å². The summed E-state index contributed by atoms with van der Waals surface area (Å²) in [7, 11) is -2.01. The van der Waals surface area contributed by atoms with E-state index >= 15 is 0 Å². The average Bonchev–Trinajstić information content (AvgIpc) is 2.96. The first-order chi connectivity index (χ1) is 10.4. The second-order valence-electron chi connectivity index (χ2n) is 4.65. The van der Waals surface area contributed by atoms with Gasteiger partial charge in [0.2, 0.25) is 10.0 Å². The van der Waals surface area contributed by atoms with Crippen LogP contribution in [0.25, 0.3) is 0 Å². The molecular formula is C15H17NO4S2. The molecule has 0 atom stereocenters. The van der Waals surface area contributed by atoms with Gasteiger partial charge >= 0.3 is 0 Å². The number of carbonyl (C=O) groups is 1. The summed E-state index contributed by atoms with van der Waals surface area (Å²) in [6.45, 7) is 1.80. The fourth-order valence-corrected chi connectivity index (χ4v) is 3.78. The van der Waals surface area contributed by atoms with Crippen LogP contribution in [-0.2, 0) is 16.4 Å². The Morgan fingerprint density at radius 2 is 1.86 bits per heavy atom. The molecule has 0 radical (unpaired) electrons. The topological polar surface area (TPSA) is 72.5 Å². The molecule has 1 aromatic heterocycles. The second-order valence-corrected chi connectivity index (χ2v) is 7.58. The predicted octanol–water partition coefficient (Wildman–Crippen LogP) is 2.48. The molecule has 118 valence electrons. The SMILES string of the molecule is COc1ccc(S(=O)(=O)NCCc2ccc(C(C)=O)s2)cc1. The number of sulfonamides is 1. The van der Waals surface area contributed by atoms with E-state index in [9.17, 15) is 13.2 Å². The molecule has 0 aliphatic carbocycles. The first-order valence-corrected chi connectivity index (χ1v) is 8.96. The number of thiophene rings is 1. The van der Waals surface area contributed by atoms with Crippen LogP contribution < -0.4 is 9.46 Å². The number of hydrogen-bond donors (Lipinski definition) is 1. The summed E-state index contributed by atoms with van der Waals surface area (Å²) in [6, 6.07) is 9.82. The molecule has 22 heavy (non-hydrogen) atoms. The van der Waals surface area contributed by atoms with E-state index in [-0.39, 0.29) is 17.2 Å². The summed E-state index contributed by atoms with van der Waals surface area (Å²) >= 11 is 1.39. The van der Waals surface area contributed by atoms with Crippen LogP contribution in [0, 0.1) is 0 Å². The van der Waals surface area contributed by atoms with Crippen molar-refractivity contribution in [3.8, 4) is 5.75 Å². The zero-order valence-corrected chi connectivity index (χ0v) is 14.0. The zero-order chi connectivity index (χ0) is 16.2. The third-order valence-corrected chi connectivity index (χ3v) is 5.76. The molecule has 0 fully saturated rings. The predicted molar refractivity (Wildman–Crippen MR) is 86.2 cm³/mol. The highest BCUT2D eigenvalue weighted by atomic mass is 32.2. The largest absolute Gasteiger partial charge is 0.497 e. The molecule has 0 spiro atoms. The minimum atomic E-state index is -3.53. The van der Waals surface area contributed by atoms with E-state index in [1.807, 2.05) is 6.07 Å². The van der Waals surface area contributed by atoms with Gasteiger partial charge in [-0.2, -0.15) is 0 Å². The van der Waals surface area contributed by atoms with E-state index in [0.29, 0.717) is 17.0 Å². The number of carbonyl (C=O) groups excluding carboxylic acids is 1. The van der Waals surface area contributed by atoms with Crippen molar-refractivity contribution in [1.82, 2.24) is 4.72 Å². The third-order valence-electron chi connectivity index (χ3n) is 3.04. The van der Waals surface area contributed by atoms with Crippen molar-refractivity contribution in [3.63, 3.8) is 0 Å². The molecule has 1 N–H and O–H groups in total. The monoisotopic (exact) mass is 339 g/mol. The van der Waals surface area contributed by atoms with Crippen LogP contribution in [0.2, 0.25) is 0 Å². The highest BCUT2D eigenvalue weighted by Gasteiger charge is 2.13. The van der Waals surface area contributed by atoms with E-state index in [1.165, 1.54) is 37.5 Å². The van der Waals surface area contributed by atoms with Crippen molar-refractivity contribution < 1.29 is 17.9 Å². The van der Waals surface area contributed by atoms with Crippen LogP contribution in [0.1, 0.15) is 21.5 Å². The van der Waals surface area contributed by atoms with Crippen molar-refractivity contribution in [2.24, 2.45) is 0 Å². The van der Waals surface area contributed by atoms with Crippen LogP contribution >= 0.6 is 11.3 Å². The fraction of sp³-hybridized carbons (Fsp3) is 0.267. The lowest BCUT2D eigenvalue weighted by molar-refractivity contribution is 0.102. The van der Waals surface area contributed by atoms with Crippen LogP contribution in [0.3, 0.4) is 0 Å². The van der Waals surface area contributed by atoms with Crippen LogP contribution in [-0.4, -0.2) is 27.9 Å². The molecule has 0 aliphatic heterocycles. The summed E-state index contributed by atoms with van der Waals surface area (Å²) in [6.07, 6.45) is 0.549. The Balaban J connectivity index is 1.95. The molecule has 1 aromatic carbocycles. The Kier molecular flexibility index (Phi) is 5.33. The maximum Gasteiger partial charge on any atom is 0.240 e. The molecular weight excluding hydrogens is 322 g/mol. The molecule has 2 aromatic rings. The smallest absolute Gasteiger partial charge is 0.240 e. The average molecular weight is 339 g/mol. The summed E-state index contributed by atoms with van der Waals surface area (Å²) in [5.74, 6) is 0.629. The van der Waals surface area contributed by atoms with Gasteiger partial charge in [0.25, 0.3) is 0 Å². The first kappa shape index (κ1) is 16.7. The normalized spacial score (nSPS) is 11.4. The van der Waals surface area contributed by atoms with Crippen LogP contribution in [0.15, 0.2) is 41.3 Å². The van der Waals surface area contributed by atoms with Crippen LogP contribution in [0.5, 0.6) is 5.75 Å². The van der Waals surface area contributed by atoms with Gasteiger partial charge in [-0.15, -0.1) is 11.3 Å². The lowest BCUT2D eigenvalue weighted by Crippen LogP contribution is -2.25. The highest BCUT2D eigenvalue weighted by molar-refractivity contribution is 7.89. The van der Waals surface area contributed by atoms with Crippen molar-refractivity contribution in [2.45, 2.75) is 18.2 Å². The Hall–Kier alpha value is -1.70. The standard InChI is InChI=1S/C15H17NO4S2/c1-11(17)15-8-5-13(21-15)9-10-16-22(18,19)14-6-3-12(20-2)4-7-14/h3-8,16H,9-10H2,1-2H3. The molecule has 0 saturated heterocycles. The minimum Gasteiger partial charge on any atom is -0.497 e. The number of Topliss-reactive ketones (excluding diaryl/α,β-unsaturated/α-hetero) is 1. The maximum absolute atomic E-state index is 12.1. The van der Waals surface area contributed by atoms with Gasteiger partial charge in [-0.1, -0.05) is 0 Å². The van der Waals surface area contributed by atoms with Crippen molar-refractivity contribution in [1.29, 1.82) is 0 Å². The number of nitrogens with one attached hydrogen (secondary N) is 1. The number of ether oxygens (including phenoxy) is 1. The maximum atomic E-state index is 12.1. The molecule has 0 saturated carbocycles. The van der Waals surface area contributed by atoms with E-state index in [0.717, 1.165) is 4.88 Å². The van der Waals surface area contributed by atoms with Gasteiger partial charge in [0.05, 0.1) is 16.9 Å². The number of methoxy groups -OCH3 is 1. The molecule has 0 unspecified atom stereocenters. The van der Waals surface area contributed by atoms with Gasteiger partial charge in [0.1, 0.15) is 5.75 Å². The molecule has 5 nitrogen and oxygen atoms in total. The van der Waals surface area contributed by atoms with Gasteiger partial charge in [0.15, 0.2) is 5.78 Å². The molecule has 1 heterocycles. The number of rotatable bonds is 7. The Labute approximate surface area is 134 Å². The number of hydrogen-bond acceptors (Lipinski definition) is 5. The van der Waals surface area contributed by atoms with E-state index in [1.54, 1.807) is 18.2 Å². The molecule has 2 rings (SSSR count). The van der Waals surface area contributed by atoms with Gasteiger partial charge in [0, 0.05) is 11.4 Å². The van der Waals surface area contributed by atoms with E-state index < -0.39 is 10.0 Å². The molecule has 0 bridgehead atoms. The van der Waals surface area contributed by atoms with Gasteiger partial charge in [-0.25, -0.2) is 13.1 Å². The quantitative estimate of drug-likeness (QED) is 0.787. The Morgan fingerprint density at radius 1 is 1.18 bits per heavy atom. The van der Waals surface area contributed by atoms with E-state index in [2.05, 4.69) is 4.72 Å². The summed E-state index contributed by atoms with van der Waals surface area (Å²) in [4.78, 5) is 13.1. The lowest BCUT2D eigenvalue weighted by atomic mass is 10.3. The van der Waals surface area contributed by atoms with Crippen molar-refractivity contribution in [2.75, 3.05) is 13.7 Å². The summed E-state index contributed by atoms with van der Waals surface area (Å²) in [5, 5.41) is 0. The lowest BCUT2D eigenvalue weighted by Gasteiger charge is -2.07. The number of ketones is 1. The second kappa shape index (κ2) is 7.04. The van der Waals surface area contributed by atoms with E-state index in [4.69, 9.17) is 4.74 Å². The molecule has 7 heteroatoms. The minimum absolute atomic E-state index is 0.0232. The number of benzene rings is 1. The highest BCUT2D eigenvalue weighted by Crippen LogP contribution is 2.18. The molecule has 0 aliphatic rings. The Morgan fingerprint density at radius 3 is 2.41 bits per heavy atom. The van der Waals surface area contributed by atoms with Gasteiger partial charge < -0.3 is 4.74 Å². The van der Waals surface area contributed by atoms with Crippen molar-refractivity contribution >= 4 is 27.1 Å². The third kappa shape index (κ3) is 4.16. The zero-order valence-electron chi connectivity index (χ0n) is 12.3. The fourth-order valence-electron chi connectivity index (χ4n) is 1.85. The first-order valence-electron chi connectivity index (χ1n) is 6.66. The van der Waals surface area contributed by atoms with Crippen LogP contribution in [0.4, 0.5) is 0 Å². The van der Waals surface area contributed by atoms with Gasteiger partial charge in [-0.05, 0) is 49.7 Å². The van der Waals surface area contributed by atoms with Crippen molar-refractivity contribution in [3.05, 3.63) is 46.2 Å². The summed E-state index contributed by atoms with van der Waals surface area (Å²) in [5.41, 5.74) is 0. The molecule has 0 amide bonds. The summed E-state index contributed by atoms with van der Waals surface area (Å²) < 4.78 is 31.8.